The molecule has 0 bridgehead atoms. The predicted octanol–water partition coefficient (Wildman–Crippen LogP) is 4.81. The van der Waals surface area contributed by atoms with Crippen LogP contribution in [0.5, 0.6) is 5.75 Å². The van der Waals surface area contributed by atoms with Crippen LogP contribution in [-0.4, -0.2) is 21.2 Å². The first kappa shape index (κ1) is 17.7. The highest BCUT2D eigenvalue weighted by Gasteiger charge is 2.16. The molecule has 0 saturated heterocycles. The van der Waals surface area contributed by atoms with Gasteiger partial charge in [0.25, 0.3) is 5.91 Å². The second-order valence-corrected chi connectivity index (χ2v) is 6.96. The van der Waals surface area contributed by atoms with Crippen molar-refractivity contribution in [1.29, 1.82) is 0 Å². The number of carbonyl (C=O) groups excluding carboxylic acids is 1. The molecule has 0 saturated carbocycles. The van der Waals surface area contributed by atoms with E-state index in [9.17, 15) is 9.90 Å². The van der Waals surface area contributed by atoms with Gasteiger partial charge in [0, 0.05) is 22.8 Å². The van der Waals surface area contributed by atoms with Crippen molar-refractivity contribution in [1.82, 2.24) is 10.1 Å². The number of aromatic nitrogens is 2. The number of nitrogens with zero attached hydrogens (tertiary/aromatic N) is 2. The first-order valence-electron chi connectivity index (χ1n) is 8.43. The number of thiazole rings is 1. The Kier molecular flexibility index (Phi) is 4.77. The number of hydrogen-bond donors (Lipinski definition) is 3. The van der Waals surface area contributed by atoms with E-state index in [1.807, 2.05) is 36.6 Å². The number of nitrogens with one attached hydrogen (secondary N) is 2. The molecule has 7 nitrogen and oxygen atoms in total. The van der Waals surface area contributed by atoms with Gasteiger partial charge in [-0.3, -0.25) is 4.79 Å². The molecule has 28 heavy (non-hydrogen) atoms. The molecule has 2 aromatic heterocycles. The van der Waals surface area contributed by atoms with Gasteiger partial charge in [-0.15, -0.1) is 11.3 Å². The van der Waals surface area contributed by atoms with Gasteiger partial charge in [0.05, 0.1) is 0 Å². The molecule has 0 spiro atoms. The number of anilines is 3. The fourth-order valence-electron chi connectivity index (χ4n) is 2.45. The second-order valence-electron chi connectivity index (χ2n) is 6.11. The average Bonchev–Trinajstić information content (AvgIpc) is 3.35. The van der Waals surface area contributed by atoms with Crippen LogP contribution in [0.3, 0.4) is 0 Å². The Bertz CT molecular complexity index is 1100. The molecule has 0 radical (unpaired) electrons. The van der Waals surface area contributed by atoms with Gasteiger partial charge >= 0.3 is 0 Å². The summed E-state index contributed by atoms with van der Waals surface area (Å²) < 4.78 is 5.27. The SMILES string of the molecule is Cc1ccc(Nc2nc(-c3cc(C(=O)Nc4ccc(O)cc4)no3)cs2)cc1. The largest absolute Gasteiger partial charge is 0.508 e. The Hall–Kier alpha value is -3.65. The third-order valence-corrected chi connectivity index (χ3v) is 4.69. The Labute approximate surface area is 164 Å². The zero-order chi connectivity index (χ0) is 19.5. The standard InChI is InChI=1S/C20H16N4O3S/c1-12-2-4-14(5-3-12)22-20-23-17(11-28-20)18-10-16(24-27-18)19(26)21-13-6-8-15(25)9-7-13/h2-11,25H,1H3,(H,21,26)(H,22,23). The molecule has 0 fully saturated rings. The number of rotatable bonds is 5. The molecular weight excluding hydrogens is 376 g/mol. The zero-order valence-corrected chi connectivity index (χ0v) is 15.7. The normalized spacial score (nSPS) is 10.6. The molecule has 3 N–H and O–H groups in total. The molecule has 140 valence electrons. The minimum absolute atomic E-state index is 0.125. The lowest BCUT2D eigenvalue weighted by molar-refractivity contribution is 0.101. The van der Waals surface area contributed by atoms with Crippen molar-refractivity contribution >= 4 is 33.8 Å². The monoisotopic (exact) mass is 392 g/mol. The van der Waals surface area contributed by atoms with Gasteiger partial charge in [0.15, 0.2) is 16.6 Å². The Morgan fingerprint density at radius 1 is 1.07 bits per heavy atom. The van der Waals surface area contributed by atoms with Gasteiger partial charge in [0.1, 0.15) is 11.4 Å². The minimum atomic E-state index is -0.408. The number of aryl methyl sites for hydroxylation is 1. The summed E-state index contributed by atoms with van der Waals surface area (Å²) >= 11 is 1.43. The maximum Gasteiger partial charge on any atom is 0.277 e. The first-order chi connectivity index (χ1) is 13.6. The molecule has 1 amide bonds. The number of amides is 1. The maximum absolute atomic E-state index is 12.3. The molecule has 4 aromatic rings. The van der Waals surface area contributed by atoms with Crippen molar-refractivity contribution < 1.29 is 14.4 Å². The summed E-state index contributed by atoms with van der Waals surface area (Å²) in [5.41, 5.74) is 3.41. The molecule has 2 heterocycles. The van der Waals surface area contributed by atoms with Crippen molar-refractivity contribution in [2.24, 2.45) is 0 Å². The van der Waals surface area contributed by atoms with Gasteiger partial charge in [-0.2, -0.15) is 0 Å². The number of phenols is 1. The number of aromatic hydroxyl groups is 1. The first-order valence-corrected chi connectivity index (χ1v) is 9.31. The van der Waals surface area contributed by atoms with Crippen LogP contribution >= 0.6 is 11.3 Å². The second kappa shape index (κ2) is 7.53. The molecule has 0 aliphatic carbocycles. The van der Waals surface area contributed by atoms with Gasteiger partial charge in [-0.1, -0.05) is 22.9 Å². The van der Waals surface area contributed by atoms with Crippen LogP contribution in [0.15, 0.2) is 64.5 Å². The highest BCUT2D eigenvalue weighted by molar-refractivity contribution is 7.14. The van der Waals surface area contributed by atoms with Gasteiger partial charge < -0.3 is 20.3 Å². The summed E-state index contributed by atoms with van der Waals surface area (Å²) in [5.74, 6) is 0.123. The molecule has 2 aromatic carbocycles. The summed E-state index contributed by atoms with van der Waals surface area (Å²) in [6.07, 6.45) is 0. The predicted molar refractivity (Wildman–Crippen MR) is 108 cm³/mol. The minimum Gasteiger partial charge on any atom is -0.508 e. The maximum atomic E-state index is 12.3. The number of benzene rings is 2. The van der Waals surface area contributed by atoms with Crippen LogP contribution in [0.25, 0.3) is 11.5 Å². The van der Waals surface area contributed by atoms with E-state index in [-0.39, 0.29) is 11.4 Å². The quantitative estimate of drug-likeness (QED) is 0.422. The Morgan fingerprint density at radius 3 is 2.54 bits per heavy atom. The topological polar surface area (TPSA) is 100 Å². The Balaban J connectivity index is 1.45. The van der Waals surface area contributed by atoms with Crippen molar-refractivity contribution in [2.45, 2.75) is 6.92 Å². The highest BCUT2D eigenvalue weighted by Crippen LogP contribution is 2.28. The summed E-state index contributed by atoms with van der Waals surface area (Å²) in [4.78, 5) is 16.8. The van der Waals surface area contributed by atoms with E-state index in [0.717, 1.165) is 5.69 Å². The van der Waals surface area contributed by atoms with Crippen LogP contribution in [0.4, 0.5) is 16.5 Å². The highest BCUT2D eigenvalue weighted by atomic mass is 32.1. The van der Waals surface area contributed by atoms with Crippen molar-refractivity contribution in [3.63, 3.8) is 0 Å². The lowest BCUT2D eigenvalue weighted by Gasteiger charge is -2.02. The van der Waals surface area contributed by atoms with E-state index in [1.54, 1.807) is 18.2 Å². The molecule has 0 aliphatic rings. The summed E-state index contributed by atoms with van der Waals surface area (Å²) in [6.45, 7) is 2.03. The third-order valence-electron chi connectivity index (χ3n) is 3.93. The summed E-state index contributed by atoms with van der Waals surface area (Å²) in [5, 5.41) is 21.6. The van der Waals surface area contributed by atoms with E-state index in [1.165, 1.54) is 29.0 Å². The fraction of sp³-hybridized carbons (Fsp3) is 0.0500. The lowest BCUT2D eigenvalue weighted by atomic mass is 10.2. The third kappa shape index (κ3) is 4.02. The molecule has 0 atom stereocenters. The number of phenolic OH excluding ortho intramolecular Hbond substituents is 1. The van der Waals surface area contributed by atoms with Crippen molar-refractivity contribution in [2.75, 3.05) is 10.6 Å². The van der Waals surface area contributed by atoms with Crippen LogP contribution in [0.2, 0.25) is 0 Å². The van der Waals surface area contributed by atoms with Crippen molar-refractivity contribution in [3.05, 3.63) is 71.2 Å². The van der Waals surface area contributed by atoms with E-state index in [2.05, 4.69) is 20.8 Å². The van der Waals surface area contributed by atoms with E-state index < -0.39 is 5.91 Å². The smallest absolute Gasteiger partial charge is 0.277 e. The van der Waals surface area contributed by atoms with Crippen LogP contribution < -0.4 is 10.6 Å². The van der Waals surface area contributed by atoms with E-state index in [0.29, 0.717) is 22.3 Å². The summed E-state index contributed by atoms with van der Waals surface area (Å²) in [7, 11) is 0. The van der Waals surface area contributed by atoms with E-state index in [4.69, 9.17) is 4.52 Å². The lowest BCUT2D eigenvalue weighted by Crippen LogP contribution is -2.11. The van der Waals surface area contributed by atoms with Crippen LogP contribution in [-0.2, 0) is 0 Å². The van der Waals surface area contributed by atoms with E-state index >= 15 is 0 Å². The average molecular weight is 392 g/mol. The number of hydrogen-bond acceptors (Lipinski definition) is 7. The van der Waals surface area contributed by atoms with Gasteiger partial charge in [-0.25, -0.2) is 4.98 Å². The summed E-state index contributed by atoms with van der Waals surface area (Å²) in [6, 6.07) is 15.7. The molecule has 0 unspecified atom stereocenters. The zero-order valence-electron chi connectivity index (χ0n) is 14.8. The fourth-order valence-corrected chi connectivity index (χ4v) is 3.17. The molecule has 4 rings (SSSR count). The molecule has 0 aliphatic heterocycles. The van der Waals surface area contributed by atoms with Crippen LogP contribution in [0.1, 0.15) is 16.1 Å². The van der Waals surface area contributed by atoms with Crippen LogP contribution in [0, 0.1) is 6.92 Å². The van der Waals surface area contributed by atoms with Gasteiger partial charge in [0.2, 0.25) is 0 Å². The van der Waals surface area contributed by atoms with Gasteiger partial charge in [-0.05, 0) is 43.3 Å². The molecular formula is C20H16N4O3S. The van der Waals surface area contributed by atoms with Crippen molar-refractivity contribution in [3.8, 4) is 17.2 Å². The molecule has 8 heteroatoms. The Morgan fingerprint density at radius 2 is 1.79 bits per heavy atom. The number of carbonyl (C=O) groups is 1.